The first-order valence-corrected chi connectivity index (χ1v) is 6.73. The van der Waals surface area contributed by atoms with Gasteiger partial charge in [-0.15, -0.1) is 0 Å². The third kappa shape index (κ3) is 2.64. The highest BCUT2D eigenvalue weighted by Crippen LogP contribution is 2.25. The van der Waals surface area contributed by atoms with Crippen molar-refractivity contribution in [3.63, 3.8) is 0 Å². The maximum absolute atomic E-state index is 13.0. The van der Waals surface area contributed by atoms with E-state index in [1.807, 2.05) is 0 Å². The van der Waals surface area contributed by atoms with Gasteiger partial charge in [-0.2, -0.15) is 8.42 Å². The highest BCUT2D eigenvalue weighted by Gasteiger charge is 2.17. The van der Waals surface area contributed by atoms with Crippen LogP contribution < -0.4 is 4.72 Å². The van der Waals surface area contributed by atoms with Crippen molar-refractivity contribution in [3.05, 3.63) is 41.0 Å². The number of sulfonamides is 1. The molecule has 5 nitrogen and oxygen atoms in total. The highest BCUT2D eigenvalue weighted by molar-refractivity contribution is 9.10. The molecule has 0 amide bonds. The van der Waals surface area contributed by atoms with E-state index in [0.29, 0.717) is 4.47 Å². The smallest absolute Gasteiger partial charge is 0.279 e. The van der Waals surface area contributed by atoms with Crippen LogP contribution in [0.1, 0.15) is 0 Å². The fourth-order valence-electron chi connectivity index (χ4n) is 1.17. The normalized spacial score (nSPS) is 11.4. The Balaban J connectivity index is 2.36. The topological polar surface area (TPSA) is 74.8 Å². The molecule has 0 aliphatic heterocycles. The molecular weight excluding hydrogens is 313 g/mol. The first-order chi connectivity index (χ1) is 7.99. The number of rotatable bonds is 3. The molecular formula is C9H7BrFN3O2S. The maximum Gasteiger partial charge on any atom is 0.279 e. The van der Waals surface area contributed by atoms with Crippen LogP contribution in [0.3, 0.4) is 0 Å². The summed E-state index contributed by atoms with van der Waals surface area (Å²) < 4.78 is 39.3. The molecule has 2 aromatic rings. The second-order valence-corrected chi connectivity index (χ2v) is 5.65. The van der Waals surface area contributed by atoms with Crippen LogP contribution in [0.15, 0.2) is 40.2 Å². The third-order valence-corrected chi connectivity index (χ3v) is 3.92. The van der Waals surface area contributed by atoms with Crippen molar-refractivity contribution in [3.8, 4) is 0 Å². The number of nitrogens with one attached hydrogen (secondary N) is 2. The molecule has 2 N–H and O–H groups in total. The number of H-pyrrole nitrogens is 1. The van der Waals surface area contributed by atoms with E-state index in [1.165, 1.54) is 18.5 Å². The van der Waals surface area contributed by atoms with Crippen LogP contribution in [0, 0.1) is 5.82 Å². The molecule has 0 unspecified atom stereocenters. The van der Waals surface area contributed by atoms with Crippen LogP contribution in [0.25, 0.3) is 0 Å². The fourth-order valence-corrected chi connectivity index (χ4v) is 2.62. The summed E-state index contributed by atoms with van der Waals surface area (Å²) >= 11 is 3.13. The van der Waals surface area contributed by atoms with Crippen LogP contribution in [0.2, 0.25) is 0 Å². The predicted octanol–water partition coefficient (Wildman–Crippen LogP) is 2.11. The molecule has 0 aliphatic rings. The van der Waals surface area contributed by atoms with Gasteiger partial charge in [-0.3, -0.25) is 4.72 Å². The summed E-state index contributed by atoms with van der Waals surface area (Å²) in [6, 6.07) is 3.72. The zero-order chi connectivity index (χ0) is 12.5. The lowest BCUT2D eigenvalue weighted by Gasteiger charge is -2.07. The first-order valence-electron chi connectivity index (χ1n) is 4.45. The predicted molar refractivity (Wildman–Crippen MR) is 63.5 cm³/mol. The lowest BCUT2D eigenvalue weighted by molar-refractivity contribution is 0.598. The van der Waals surface area contributed by atoms with Gasteiger partial charge < -0.3 is 4.98 Å². The number of benzene rings is 1. The minimum atomic E-state index is -3.77. The summed E-state index contributed by atoms with van der Waals surface area (Å²) in [5, 5.41) is -0.0892. The summed E-state index contributed by atoms with van der Waals surface area (Å²) in [6.07, 6.45) is 2.41. The largest absolute Gasteiger partial charge is 0.334 e. The van der Waals surface area contributed by atoms with E-state index in [4.69, 9.17) is 0 Å². The Morgan fingerprint density at radius 3 is 2.82 bits per heavy atom. The summed E-state index contributed by atoms with van der Waals surface area (Å²) in [7, 11) is -3.77. The molecule has 1 aromatic carbocycles. The van der Waals surface area contributed by atoms with Gasteiger partial charge in [0.2, 0.25) is 0 Å². The van der Waals surface area contributed by atoms with Gasteiger partial charge in [-0.05, 0) is 34.1 Å². The molecule has 0 atom stereocenters. The van der Waals surface area contributed by atoms with Gasteiger partial charge in [-0.1, -0.05) is 0 Å². The maximum atomic E-state index is 13.0. The number of imidazole rings is 1. The Morgan fingerprint density at radius 1 is 1.41 bits per heavy atom. The standard InChI is InChI=1S/C9H7BrFN3O2S/c10-7-2-1-6(11)3-8(7)14-17(15,16)9-4-12-5-13-9/h1-5,14H,(H,12,13). The minimum absolute atomic E-state index is 0.0892. The molecule has 1 aromatic heterocycles. The molecule has 17 heavy (non-hydrogen) atoms. The van der Waals surface area contributed by atoms with Crippen LogP contribution in [0.4, 0.5) is 10.1 Å². The average molecular weight is 320 g/mol. The second-order valence-electron chi connectivity index (χ2n) is 3.15. The molecule has 0 aliphatic carbocycles. The van der Waals surface area contributed by atoms with Crippen molar-refractivity contribution < 1.29 is 12.8 Å². The van der Waals surface area contributed by atoms with Crippen molar-refractivity contribution in [1.82, 2.24) is 9.97 Å². The number of nitrogens with zero attached hydrogens (tertiary/aromatic N) is 1. The van der Waals surface area contributed by atoms with Crippen molar-refractivity contribution >= 4 is 31.6 Å². The number of hydrogen-bond donors (Lipinski definition) is 2. The molecule has 90 valence electrons. The van der Waals surface area contributed by atoms with E-state index in [9.17, 15) is 12.8 Å². The Bertz CT molecular complexity index is 628. The van der Waals surface area contributed by atoms with E-state index in [1.54, 1.807) is 0 Å². The molecule has 0 saturated heterocycles. The van der Waals surface area contributed by atoms with E-state index < -0.39 is 15.8 Å². The molecule has 1 heterocycles. The zero-order valence-corrected chi connectivity index (χ0v) is 10.7. The molecule has 0 radical (unpaired) electrons. The fraction of sp³-hybridized carbons (Fsp3) is 0. The van der Waals surface area contributed by atoms with E-state index in [2.05, 4.69) is 30.6 Å². The Labute approximate surface area is 105 Å². The lowest BCUT2D eigenvalue weighted by atomic mass is 10.3. The SMILES string of the molecule is O=S(=O)(Nc1cc(F)ccc1Br)c1cnc[nH]1. The first kappa shape index (κ1) is 12.1. The van der Waals surface area contributed by atoms with Gasteiger partial charge in [-0.25, -0.2) is 9.37 Å². The van der Waals surface area contributed by atoms with Crippen LogP contribution in [-0.2, 0) is 10.0 Å². The second kappa shape index (κ2) is 4.46. The van der Waals surface area contributed by atoms with Gasteiger partial charge in [0.15, 0.2) is 5.03 Å². The van der Waals surface area contributed by atoms with Crippen molar-refractivity contribution in [2.24, 2.45) is 0 Å². The van der Waals surface area contributed by atoms with Crippen LogP contribution in [-0.4, -0.2) is 18.4 Å². The molecule has 0 fully saturated rings. The van der Waals surface area contributed by atoms with Gasteiger partial charge in [0.1, 0.15) is 5.82 Å². The van der Waals surface area contributed by atoms with Crippen LogP contribution >= 0.6 is 15.9 Å². The molecule has 2 rings (SSSR count). The number of halogens is 2. The number of anilines is 1. The van der Waals surface area contributed by atoms with Gasteiger partial charge in [0.05, 0.1) is 18.2 Å². The van der Waals surface area contributed by atoms with Crippen molar-refractivity contribution in [1.29, 1.82) is 0 Å². The number of aromatic amines is 1. The lowest BCUT2D eigenvalue weighted by Crippen LogP contribution is -2.13. The van der Waals surface area contributed by atoms with Crippen molar-refractivity contribution in [2.45, 2.75) is 5.03 Å². The molecule has 0 bridgehead atoms. The average Bonchev–Trinajstić information content (AvgIpc) is 2.77. The van der Waals surface area contributed by atoms with Crippen molar-refractivity contribution in [2.75, 3.05) is 4.72 Å². The Hall–Kier alpha value is -1.41. The number of hydrogen-bond acceptors (Lipinski definition) is 3. The molecule has 0 saturated carbocycles. The molecule has 0 spiro atoms. The van der Waals surface area contributed by atoms with E-state index >= 15 is 0 Å². The summed E-state index contributed by atoms with van der Waals surface area (Å²) in [4.78, 5) is 6.07. The monoisotopic (exact) mass is 319 g/mol. The van der Waals surface area contributed by atoms with Gasteiger partial charge in [0.25, 0.3) is 10.0 Å². The summed E-state index contributed by atoms with van der Waals surface area (Å²) in [5.74, 6) is -0.532. The van der Waals surface area contributed by atoms with E-state index in [0.717, 1.165) is 12.3 Å². The molecule has 8 heteroatoms. The third-order valence-electron chi connectivity index (χ3n) is 1.94. The zero-order valence-electron chi connectivity index (χ0n) is 8.31. The Kier molecular flexibility index (Phi) is 3.16. The summed E-state index contributed by atoms with van der Waals surface area (Å²) in [5.41, 5.74) is 0.125. The highest BCUT2D eigenvalue weighted by atomic mass is 79.9. The van der Waals surface area contributed by atoms with Crippen LogP contribution in [0.5, 0.6) is 0 Å². The quantitative estimate of drug-likeness (QED) is 0.909. The minimum Gasteiger partial charge on any atom is -0.334 e. The van der Waals surface area contributed by atoms with Gasteiger partial charge >= 0.3 is 0 Å². The number of aromatic nitrogens is 2. The van der Waals surface area contributed by atoms with Gasteiger partial charge in [0, 0.05) is 4.47 Å². The Morgan fingerprint density at radius 2 is 2.18 bits per heavy atom. The summed E-state index contributed by atoms with van der Waals surface area (Å²) in [6.45, 7) is 0. The van der Waals surface area contributed by atoms with E-state index in [-0.39, 0.29) is 10.7 Å².